The molecule has 1 aliphatic carbocycles. The van der Waals surface area contributed by atoms with Gasteiger partial charge >= 0.3 is 0 Å². The molecule has 0 amide bonds. The van der Waals surface area contributed by atoms with Gasteiger partial charge in [-0.25, -0.2) is 9.97 Å². The van der Waals surface area contributed by atoms with Crippen molar-refractivity contribution in [3.8, 4) is 0 Å². The van der Waals surface area contributed by atoms with Crippen LogP contribution in [0.1, 0.15) is 38.5 Å². The quantitative estimate of drug-likeness (QED) is 0.820. The average molecular weight is 255 g/mol. The summed E-state index contributed by atoms with van der Waals surface area (Å²) in [6, 6.07) is 8.16. The Morgan fingerprint density at radius 2 is 1.95 bits per heavy atom. The molecule has 2 aromatic rings. The van der Waals surface area contributed by atoms with Gasteiger partial charge in [0.05, 0.1) is 5.52 Å². The van der Waals surface area contributed by atoms with Crippen LogP contribution in [0.4, 0.5) is 5.82 Å². The zero-order valence-corrected chi connectivity index (χ0v) is 11.3. The highest BCUT2D eigenvalue weighted by molar-refractivity contribution is 5.88. The van der Waals surface area contributed by atoms with Crippen molar-refractivity contribution in [2.24, 2.45) is 5.92 Å². The molecule has 0 saturated heterocycles. The normalized spacial score (nSPS) is 16.0. The SMILES string of the molecule is c1ccc2c(NCCCC3CCCC3)ncnc2c1. The molecule has 19 heavy (non-hydrogen) atoms. The number of anilines is 1. The van der Waals surface area contributed by atoms with Gasteiger partial charge in [0.15, 0.2) is 0 Å². The molecule has 0 unspecified atom stereocenters. The topological polar surface area (TPSA) is 37.8 Å². The van der Waals surface area contributed by atoms with Gasteiger partial charge in [0.1, 0.15) is 12.1 Å². The maximum absolute atomic E-state index is 4.35. The fourth-order valence-electron chi connectivity index (χ4n) is 3.04. The molecule has 1 fully saturated rings. The third kappa shape index (κ3) is 3.03. The lowest BCUT2D eigenvalue weighted by atomic mass is 10.0. The lowest BCUT2D eigenvalue weighted by Crippen LogP contribution is -2.06. The number of nitrogens with zero attached hydrogens (tertiary/aromatic N) is 2. The number of aromatic nitrogens is 2. The predicted molar refractivity (Wildman–Crippen MR) is 79.2 cm³/mol. The molecule has 3 rings (SSSR count). The summed E-state index contributed by atoms with van der Waals surface area (Å²) in [6.45, 7) is 1.01. The second-order valence-corrected chi connectivity index (χ2v) is 5.46. The Morgan fingerprint density at radius 1 is 1.11 bits per heavy atom. The van der Waals surface area contributed by atoms with E-state index in [1.807, 2.05) is 18.2 Å². The number of fused-ring (bicyclic) bond motifs is 1. The molecule has 3 heteroatoms. The van der Waals surface area contributed by atoms with Crippen LogP contribution in [0.2, 0.25) is 0 Å². The molecular weight excluding hydrogens is 234 g/mol. The fraction of sp³-hybridized carbons (Fsp3) is 0.500. The van der Waals surface area contributed by atoms with Crippen LogP contribution in [0.15, 0.2) is 30.6 Å². The first-order valence-electron chi connectivity index (χ1n) is 7.37. The molecule has 0 atom stereocenters. The minimum absolute atomic E-state index is 0.969. The van der Waals surface area contributed by atoms with Gasteiger partial charge in [-0.15, -0.1) is 0 Å². The summed E-state index contributed by atoms with van der Waals surface area (Å²) in [7, 11) is 0. The summed E-state index contributed by atoms with van der Waals surface area (Å²) in [4.78, 5) is 8.64. The van der Waals surface area contributed by atoms with Crippen LogP contribution >= 0.6 is 0 Å². The fourth-order valence-corrected chi connectivity index (χ4v) is 3.04. The molecule has 0 bridgehead atoms. The molecule has 100 valence electrons. The number of rotatable bonds is 5. The van der Waals surface area contributed by atoms with Gasteiger partial charge in [0, 0.05) is 11.9 Å². The van der Waals surface area contributed by atoms with Crippen molar-refractivity contribution in [3.63, 3.8) is 0 Å². The van der Waals surface area contributed by atoms with Gasteiger partial charge in [0.25, 0.3) is 0 Å². The van der Waals surface area contributed by atoms with Gasteiger partial charge < -0.3 is 5.32 Å². The van der Waals surface area contributed by atoms with Gasteiger partial charge in [0.2, 0.25) is 0 Å². The maximum atomic E-state index is 4.35. The Morgan fingerprint density at radius 3 is 2.84 bits per heavy atom. The third-order valence-electron chi connectivity index (χ3n) is 4.10. The number of nitrogens with one attached hydrogen (secondary N) is 1. The van der Waals surface area contributed by atoms with Crippen LogP contribution in [0, 0.1) is 5.92 Å². The van der Waals surface area contributed by atoms with Gasteiger partial charge in [-0.05, 0) is 30.9 Å². The van der Waals surface area contributed by atoms with E-state index in [2.05, 4.69) is 21.4 Å². The van der Waals surface area contributed by atoms with Gasteiger partial charge in [-0.3, -0.25) is 0 Å². The Hall–Kier alpha value is -1.64. The van der Waals surface area contributed by atoms with Crippen molar-refractivity contribution in [2.45, 2.75) is 38.5 Å². The molecule has 1 heterocycles. The van der Waals surface area contributed by atoms with Crippen molar-refractivity contribution in [1.29, 1.82) is 0 Å². The molecule has 0 radical (unpaired) electrons. The van der Waals surface area contributed by atoms with E-state index in [1.54, 1.807) is 6.33 Å². The van der Waals surface area contributed by atoms with Crippen LogP contribution in [-0.4, -0.2) is 16.5 Å². The lowest BCUT2D eigenvalue weighted by molar-refractivity contribution is 0.491. The predicted octanol–water partition coefficient (Wildman–Crippen LogP) is 4.01. The zero-order chi connectivity index (χ0) is 12.9. The van der Waals surface area contributed by atoms with E-state index < -0.39 is 0 Å². The Bertz CT molecular complexity index is 527. The largest absolute Gasteiger partial charge is 0.369 e. The summed E-state index contributed by atoms with van der Waals surface area (Å²) >= 11 is 0. The van der Waals surface area contributed by atoms with Crippen LogP contribution in [-0.2, 0) is 0 Å². The number of hydrogen-bond donors (Lipinski definition) is 1. The monoisotopic (exact) mass is 255 g/mol. The van der Waals surface area contributed by atoms with Gasteiger partial charge in [-0.2, -0.15) is 0 Å². The highest BCUT2D eigenvalue weighted by Crippen LogP contribution is 2.28. The molecule has 1 N–H and O–H groups in total. The molecule has 1 aromatic heterocycles. The van der Waals surface area contributed by atoms with Crippen molar-refractivity contribution in [1.82, 2.24) is 9.97 Å². The standard InChI is InChI=1S/C16H21N3/c1-2-7-13(6-1)8-5-11-17-16-14-9-3-4-10-15(14)18-12-19-16/h3-4,9-10,12-13H,1-2,5-8,11H2,(H,17,18,19). The minimum Gasteiger partial charge on any atom is -0.369 e. The van der Waals surface area contributed by atoms with E-state index in [4.69, 9.17) is 0 Å². The minimum atomic E-state index is 0.969. The van der Waals surface area contributed by atoms with Gasteiger partial charge in [-0.1, -0.05) is 37.8 Å². The molecule has 0 aliphatic heterocycles. The summed E-state index contributed by atoms with van der Waals surface area (Å²) in [5.74, 6) is 1.95. The van der Waals surface area contributed by atoms with Crippen molar-refractivity contribution < 1.29 is 0 Å². The van der Waals surface area contributed by atoms with Crippen molar-refractivity contribution >= 4 is 16.7 Å². The molecule has 0 spiro atoms. The molecule has 1 saturated carbocycles. The van der Waals surface area contributed by atoms with Crippen molar-refractivity contribution in [3.05, 3.63) is 30.6 Å². The van der Waals surface area contributed by atoms with E-state index in [1.165, 1.54) is 38.5 Å². The molecule has 1 aliphatic rings. The van der Waals surface area contributed by atoms with E-state index in [-0.39, 0.29) is 0 Å². The molecule has 1 aromatic carbocycles. The number of hydrogen-bond acceptors (Lipinski definition) is 3. The second kappa shape index (κ2) is 6.00. The highest BCUT2D eigenvalue weighted by atomic mass is 15.0. The lowest BCUT2D eigenvalue weighted by Gasteiger charge is -2.10. The zero-order valence-electron chi connectivity index (χ0n) is 11.3. The maximum Gasteiger partial charge on any atom is 0.137 e. The first-order chi connectivity index (χ1) is 9.43. The number of para-hydroxylation sites is 1. The second-order valence-electron chi connectivity index (χ2n) is 5.46. The molecular formula is C16H21N3. The smallest absolute Gasteiger partial charge is 0.137 e. The van der Waals surface area contributed by atoms with E-state index in [0.717, 1.165) is 29.2 Å². The van der Waals surface area contributed by atoms with E-state index in [0.29, 0.717) is 0 Å². The van der Waals surface area contributed by atoms with Crippen LogP contribution in [0.3, 0.4) is 0 Å². The summed E-state index contributed by atoms with van der Waals surface area (Å²) in [5, 5.41) is 4.58. The van der Waals surface area contributed by atoms with Crippen molar-refractivity contribution in [2.75, 3.05) is 11.9 Å². The average Bonchev–Trinajstić information content (AvgIpc) is 2.97. The van der Waals surface area contributed by atoms with E-state index >= 15 is 0 Å². The summed E-state index contributed by atoms with van der Waals surface area (Å²) < 4.78 is 0. The van der Waals surface area contributed by atoms with Crippen LogP contribution in [0.5, 0.6) is 0 Å². The third-order valence-corrected chi connectivity index (χ3v) is 4.10. The van der Waals surface area contributed by atoms with Crippen LogP contribution in [0.25, 0.3) is 10.9 Å². The number of benzene rings is 1. The Kier molecular flexibility index (Phi) is 3.92. The van der Waals surface area contributed by atoms with Crippen LogP contribution < -0.4 is 5.32 Å². The first kappa shape index (κ1) is 12.4. The molecule has 3 nitrogen and oxygen atoms in total. The summed E-state index contributed by atoms with van der Waals surface area (Å²) in [6.07, 6.45) is 10.00. The first-order valence-corrected chi connectivity index (χ1v) is 7.37. The van der Waals surface area contributed by atoms with E-state index in [9.17, 15) is 0 Å². The Labute approximate surface area is 114 Å². The summed E-state index contributed by atoms with van der Waals surface area (Å²) in [5.41, 5.74) is 1.01. The Balaban J connectivity index is 1.56. The highest BCUT2D eigenvalue weighted by Gasteiger charge is 2.14.